The SMILES string of the molecule is CCCC(O)C(O)CCc1c(F)cccc1F. The van der Waals surface area contributed by atoms with Crippen LogP contribution in [-0.2, 0) is 6.42 Å². The van der Waals surface area contributed by atoms with Crippen molar-refractivity contribution in [1.29, 1.82) is 0 Å². The van der Waals surface area contributed by atoms with Crippen LogP contribution in [0.15, 0.2) is 18.2 Å². The Morgan fingerprint density at radius 1 is 1.06 bits per heavy atom. The molecule has 17 heavy (non-hydrogen) atoms. The first-order chi connectivity index (χ1) is 8.06. The molecule has 1 aromatic rings. The smallest absolute Gasteiger partial charge is 0.129 e. The van der Waals surface area contributed by atoms with E-state index in [1.165, 1.54) is 18.2 Å². The average molecular weight is 244 g/mol. The zero-order valence-corrected chi connectivity index (χ0v) is 9.87. The number of hydrogen-bond acceptors (Lipinski definition) is 2. The molecular weight excluding hydrogens is 226 g/mol. The third kappa shape index (κ3) is 4.06. The lowest BCUT2D eigenvalue weighted by Gasteiger charge is -2.17. The quantitative estimate of drug-likeness (QED) is 0.806. The van der Waals surface area contributed by atoms with E-state index in [1.54, 1.807) is 0 Å². The first kappa shape index (κ1) is 14.1. The Hall–Kier alpha value is -1.00. The summed E-state index contributed by atoms with van der Waals surface area (Å²) in [5.41, 5.74) is -0.0322. The molecular formula is C13H18F2O2. The standard InChI is InChI=1S/C13H18F2O2/c1-2-4-12(16)13(17)8-7-9-10(14)5-3-6-11(9)15/h3,5-6,12-13,16-17H,2,4,7-8H2,1H3. The zero-order chi connectivity index (χ0) is 12.8. The van der Waals surface area contributed by atoms with Crippen LogP contribution in [0.5, 0.6) is 0 Å². The Kier molecular flexibility index (Phi) is 5.51. The number of aliphatic hydroxyl groups excluding tert-OH is 2. The highest BCUT2D eigenvalue weighted by Gasteiger charge is 2.17. The minimum atomic E-state index is -0.936. The topological polar surface area (TPSA) is 40.5 Å². The summed E-state index contributed by atoms with van der Waals surface area (Å²) in [7, 11) is 0. The van der Waals surface area contributed by atoms with Gasteiger partial charge in [-0.05, 0) is 31.4 Å². The van der Waals surface area contributed by atoms with Crippen LogP contribution >= 0.6 is 0 Å². The van der Waals surface area contributed by atoms with Crippen molar-refractivity contribution >= 4 is 0 Å². The summed E-state index contributed by atoms with van der Waals surface area (Å²) in [6.45, 7) is 1.90. The molecule has 2 atom stereocenters. The van der Waals surface area contributed by atoms with E-state index in [0.29, 0.717) is 6.42 Å². The minimum Gasteiger partial charge on any atom is -0.390 e. The molecule has 0 saturated carbocycles. The van der Waals surface area contributed by atoms with Crippen LogP contribution in [0, 0.1) is 11.6 Å². The molecule has 4 heteroatoms. The van der Waals surface area contributed by atoms with Crippen LogP contribution in [0.3, 0.4) is 0 Å². The second kappa shape index (κ2) is 6.67. The van der Waals surface area contributed by atoms with Gasteiger partial charge in [-0.3, -0.25) is 0 Å². The first-order valence-corrected chi connectivity index (χ1v) is 5.85. The monoisotopic (exact) mass is 244 g/mol. The van der Waals surface area contributed by atoms with E-state index in [9.17, 15) is 19.0 Å². The molecule has 0 spiro atoms. The van der Waals surface area contributed by atoms with Gasteiger partial charge in [-0.2, -0.15) is 0 Å². The molecule has 0 bridgehead atoms. The first-order valence-electron chi connectivity index (χ1n) is 5.85. The molecule has 2 nitrogen and oxygen atoms in total. The van der Waals surface area contributed by atoms with Gasteiger partial charge in [-0.25, -0.2) is 8.78 Å². The number of rotatable bonds is 6. The summed E-state index contributed by atoms with van der Waals surface area (Å²) < 4.78 is 26.5. The van der Waals surface area contributed by atoms with E-state index in [-0.39, 0.29) is 18.4 Å². The van der Waals surface area contributed by atoms with E-state index in [4.69, 9.17) is 0 Å². The molecule has 0 aliphatic rings. The van der Waals surface area contributed by atoms with Gasteiger partial charge in [0.25, 0.3) is 0 Å². The predicted octanol–water partition coefficient (Wildman–Crippen LogP) is 2.42. The fraction of sp³-hybridized carbons (Fsp3) is 0.538. The van der Waals surface area contributed by atoms with Gasteiger partial charge in [0.2, 0.25) is 0 Å². The van der Waals surface area contributed by atoms with E-state index in [0.717, 1.165) is 6.42 Å². The number of benzene rings is 1. The van der Waals surface area contributed by atoms with Crippen molar-refractivity contribution in [2.75, 3.05) is 0 Å². The third-order valence-electron chi connectivity index (χ3n) is 2.78. The Labute approximate surface area is 99.9 Å². The van der Waals surface area contributed by atoms with Gasteiger partial charge in [0.15, 0.2) is 0 Å². The molecule has 0 saturated heterocycles. The van der Waals surface area contributed by atoms with Crippen molar-refractivity contribution in [1.82, 2.24) is 0 Å². The summed E-state index contributed by atoms with van der Waals surface area (Å²) in [6, 6.07) is 3.68. The molecule has 1 aromatic carbocycles. The Balaban J connectivity index is 2.55. The van der Waals surface area contributed by atoms with E-state index >= 15 is 0 Å². The molecule has 0 aromatic heterocycles. The highest BCUT2D eigenvalue weighted by molar-refractivity contribution is 5.19. The van der Waals surface area contributed by atoms with Crippen LogP contribution in [0.2, 0.25) is 0 Å². The molecule has 1 rings (SSSR count). The molecule has 2 N–H and O–H groups in total. The van der Waals surface area contributed by atoms with Crippen LogP contribution in [-0.4, -0.2) is 22.4 Å². The summed E-state index contributed by atoms with van der Waals surface area (Å²) >= 11 is 0. The molecule has 2 unspecified atom stereocenters. The maximum absolute atomic E-state index is 13.3. The van der Waals surface area contributed by atoms with E-state index in [2.05, 4.69) is 0 Å². The van der Waals surface area contributed by atoms with Crippen molar-refractivity contribution in [2.45, 2.75) is 44.8 Å². The minimum absolute atomic E-state index is 0.0322. The van der Waals surface area contributed by atoms with Crippen molar-refractivity contribution in [3.63, 3.8) is 0 Å². The number of aliphatic hydroxyl groups is 2. The van der Waals surface area contributed by atoms with E-state index in [1.807, 2.05) is 6.92 Å². The van der Waals surface area contributed by atoms with Crippen molar-refractivity contribution in [2.24, 2.45) is 0 Å². The average Bonchev–Trinajstić information content (AvgIpc) is 2.28. The maximum Gasteiger partial charge on any atom is 0.129 e. The lowest BCUT2D eigenvalue weighted by molar-refractivity contribution is 0.00959. The zero-order valence-electron chi connectivity index (χ0n) is 9.87. The molecule has 0 heterocycles. The number of hydrogen-bond donors (Lipinski definition) is 2. The van der Waals surface area contributed by atoms with Crippen molar-refractivity contribution in [3.05, 3.63) is 35.4 Å². The molecule has 0 aliphatic heterocycles. The Bertz CT molecular complexity index is 335. The van der Waals surface area contributed by atoms with Crippen LogP contribution in [0.25, 0.3) is 0 Å². The van der Waals surface area contributed by atoms with Gasteiger partial charge in [-0.1, -0.05) is 19.4 Å². The van der Waals surface area contributed by atoms with Crippen molar-refractivity contribution in [3.8, 4) is 0 Å². The van der Waals surface area contributed by atoms with Gasteiger partial charge in [0.1, 0.15) is 11.6 Å². The molecule has 0 radical (unpaired) electrons. The van der Waals surface area contributed by atoms with Crippen LogP contribution in [0.4, 0.5) is 8.78 Å². The summed E-state index contributed by atoms with van der Waals surface area (Å²) in [5, 5.41) is 19.1. The molecule has 0 fully saturated rings. The van der Waals surface area contributed by atoms with Gasteiger partial charge in [0.05, 0.1) is 12.2 Å². The normalized spacial score (nSPS) is 14.6. The van der Waals surface area contributed by atoms with Gasteiger partial charge >= 0.3 is 0 Å². The fourth-order valence-electron chi connectivity index (χ4n) is 1.74. The van der Waals surface area contributed by atoms with Gasteiger partial charge in [0, 0.05) is 5.56 Å². The lowest BCUT2D eigenvalue weighted by Crippen LogP contribution is -2.26. The predicted molar refractivity (Wildman–Crippen MR) is 61.6 cm³/mol. The van der Waals surface area contributed by atoms with Gasteiger partial charge in [-0.15, -0.1) is 0 Å². The second-order valence-electron chi connectivity index (χ2n) is 4.16. The summed E-state index contributed by atoms with van der Waals surface area (Å²) in [6.07, 6.45) is -0.282. The highest BCUT2D eigenvalue weighted by atomic mass is 19.1. The number of halogens is 2. The largest absolute Gasteiger partial charge is 0.390 e. The Morgan fingerprint density at radius 3 is 2.12 bits per heavy atom. The molecule has 0 aliphatic carbocycles. The van der Waals surface area contributed by atoms with Crippen molar-refractivity contribution < 1.29 is 19.0 Å². The molecule has 96 valence electrons. The molecule has 0 amide bonds. The maximum atomic E-state index is 13.3. The third-order valence-corrected chi connectivity index (χ3v) is 2.78. The summed E-state index contributed by atoms with van der Waals surface area (Å²) in [4.78, 5) is 0. The fourth-order valence-corrected chi connectivity index (χ4v) is 1.74. The lowest BCUT2D eigenvalue weighted by atomic mass is 10.0. The van der Waals surface area contributed by atoms with E-state index < -0.39 is 23.8 Å². The highest BCUT2D eigenvalue weighted by Crippen LogP contribution is 2.16. The summed E-state index contributed by atoms with van der Waals surface area (Å²) in [5.74, 6) is -1.22. The Morgan fingerprint density at radius 2 is 1.59 bits per heavy atom. The van der Waals surface area contributed by atoms with Crippen LogP contribution < -0.4 is 0 Å². The van der Waals surface area contributed by atoms with Gasteiger partial charge < -0.3 is 10.2 Å². The second-order valence-corrected chi connectivity index (χ2v) is 4.16. The van der Waals surface area contributed by atoms with Crippen LogP contribution in [0.1, 0.15) is 31.7 Å².